The molecular weight excluding hydrogens is 376 g/mol. The Morgan fingerprint density at radius 1 is 0.833 bits per heavy atom. The summed E-state index contributed by atoms with van der Waals surface area (Å²) in [6.45, 7) is 0. The van der Waals surface area contributed by atoms with Crippen molar-refractivity contribution in [2.75, 3.05) is 0 Å². The molecule has 148 valence electrons. The lowest BCUT2D eigenvalue weighted by molar-refractivity contribution is -0.119. The monoisotopic (exact) mass is 396 g/mol. The number of nitrogens with two attached hydrogens (primary N) is 1. The molecule has 30 heavy (non-hydrogen) atoms. The van der Waals surface area contributed by atoms with Gasteiger partial charge in [-0.2, -0.15) is 0 Å². The summed E-state index contributed by atoms with van der Waals surface area (Å²) in [5.74, 6) is -0.994. The number of hydrogen-bond donors (Lipinski definition) is 2. The fourth-order valence-electron chi connectivity index (χ4n) is 3.21. The van der Waals surface area contributed by atoms with Crippen LogP contribution in [0.25, 0.3) is 22.2 Å². The first kappa shape index (κ1) is 19.3. The number of aromatic nitrogens is 2. The minimum absolute atomic E-state index is 0.168. The van der Waals surface area contributed by atoms with E-state index in [1.54, 1.807) is 18.3 Å². The van der Waals surface area contributed by atoms with Gasteiger partial charge in [0, 0.05) is 18.2 Å². The van der Waals surface area contributed by atoms with E-state index in [4.69, 9.17) is 5.73 Å². The lowest BCUT2D eigenvalue weighted by Crippen LogP contribution is -2.46. The number of nitrogens with one attached hydrogen (secondary N) is 1. The van der Waals surface area contributed by atoms with E-state index in [0.29, 0.717) is 11.3 Å². The highest BCUT2D eigenvalue weighted by Crippen LogP contribution is 2.19. The largest absolute Gasteiger partial charge is 0.368 e. The fraction of sp³-hybridized carbons (Fsp3) is 0.0833. The highest BCUT2D eigenvalue weighted by atomic mass is 16.2. The molecule has 0 saturated carbocycles. The molecule has 0 radical (unpaired) electrons. The van der Waals surface area contributed by atoms with Crippen LogP contribution in [0.3, 0.4) is 0 Å². The van der Waals surface area contributed by atoms with Gasteiger partial charge in [-0.1, -0.05) is 54.6 Å². The summed E-state index contributed by atoms with van der Waals surface area (Å²) >= 11 is 0. The molecule has 0 aliphatic heterocycles. The number of amides is 2. The molecule has 1 aromatic heterocycles. The summed E-state index contributed by atoms with van der Waals surface area (Å²) in [5, 5.41) is 2.71. The number of fused-ring (bicyclic) bond motifs is 1. The van der Waals surface area contributed by atoms with E-state index in [-0.39, 0.29) is 12.3 Å². The highest BCUT2D eigenvalue weighted by molar-refractivity contribution is 5.97. The van der Waals surface area contributed by atoms with E-state index in [1.165, 1.54) is 0 Å². The lowest BCUT2D eigenvalue weighted by Gasteiger charge is -2.15. The van der Waals surface area contributed by atoms with Crippen molar-refractivity contribution in [1.82, 2.24) is 15.3 Å². The molecule has 0 bridgehead atoms. The van der Waals surface area contributed by atoms with Crippen molar-refractivity contribution in [2.24, 2.45) is 5.73 Å². The zero-order valence-corrected chi connectivity index (χ0v) is 16.2. The third kappa shape index (κ3) is 4.33. The third-order valence-electron chi connectivity index (χ3n) is 4.81. The van der Waals surface area contributed by atoms with Gasteiger partial charge >= 0.3 is 0 Å². The van der Waals surface area contributed by atoms with Gasteiger partial charge in [-0.05, 0) is 35.4 Å². The summed E-state index contributed by atoms with van der Waals surface area (Å²) in [6, 6.07) is 23.7. The average Bonchev–Trinajstić information content (AvgIpc) is 2.79. The van der Waals surface area contributed by atoms with E-state index in [1.807, 2.05) is 66.7 Å². The normalized spacial score (nSPS) is 11.7. The zero-order valence-electron chi connectivity index (χ0n) is 16.2. The maximum absolute atomic E-state index is 12.7. The minimum atomic E-state index is -0.887. The molecule has 3 N–H and O–H groups in total. The number of benzene rings is 3. The zero-order chi connectivity index (χ0) is 20.9. The summed E-state index contributed by atoms with van der Waals surface area (Å²) in [5.41, 5.74) is 10.1. The van der Waals surface area contributed by atoms with Crippen LogP contribution in [-0.2, 0) is 11.2 Å². The second kappa shape index (κ2) is 8.53. The van der Waals surface area contributed by atoms with Gasteiger partial charge in [-0.15, -0.1) is 0 Å². The van der Waals surface area contributed by atoms with Crippen molar-refractivity contribution >= 4 is 22.8 Å². The summed E-state index contributed by atoms with van der Waals surface area (Å²) in [6.07, 6.45) is 1.76. The van der Waals surface area contributed by atoms with Crippen molar-refractivity contribution in [3.8, 4) is 11.1 Å². The predicted molar refractivity (Wildman–Crippen MR) is 116 cm³/mol. The molecule has 0 aliphatic carbocycles. The standard InChI is InChI=1S/C24H20N4O2/c25-23(29)22(14-19-15-26-20-8-4-5-9-21(20)27-19)28-24(30)18-12-10-17(11-13-18)16-6-2-1-3-7-16/h1-13,15,22H,14H2,(H2,25,29)(H,28,30)/t22-/m1/s1. The first-order valence-corrected chi connectivity index (χ1v) is 9.56. The van der Waals surface area contributed by atoms with Crippen molar-refractivity contribution in [3.05, 3.63) is 96.3 Å². The van der Waals surface area contributed by atoms with Gasteiger partial charge in [0.15, 0.2) is 0 Å². The van der Waals surface area contributed by atoms with Gasteiger partial charge in [0.25, 0.3) is 5.91 Å². The number of primary amides is 1. The van der Waals surface area contributed by atoms with Crippen LogP contribution in [0.5, 0.6) is 0 Å². The summed E-state index contributed by atoms with van der Waals surface area (Å²) in [7, 11) is 0. The molecule has 1 heterocycles. The molecule has 4 aromatic rings. The van der Waals surface area contributed by atoms with Crippen LogP contribution in [0.2, 0.25) is 0 Å². The molecular formula is C24H20N4O2. The summed E-state index contributed by atoms with van der Waals surface area (Å²) < 4.78 is 0. The third-order valence-corrected chi connectivity index (χ3v) is 4.81. The molecule has 0 saturated heterocycles. The predicted octanol–water partition coefficient (Wildman–Crippen LogP) is 3.12. The van der Waals surface area contributed by atoms with Crippen LogP contribution in [0.1, 0.15) is 16.1 Å². The van der Waals surface area contributed by atoms with Gasteiger partial charge in [0.05, 0.1) is 16.7 Å². The number of para-hydroxylation sites is 2. The molecule has 6 heteroatoms. The van der Waals surface area contributed by atoms with Crippen LogP contribution >= 0.6 is 0 Å². The van der Waals surface area contributed by atoms with Gasteiger partial charge in [0.1, 0.15) is 6.04 Å². The van der Waals surface area contributed by atoms with Crippen LogP contribution in [0.4, 0.5) is 0 Å². The first-order chi connectivity index (χ1) is 14.6. The van der Waals surface area contributed by atoms with E-state index >= 15 is 0 Å². The fourth-order valence-corrected chi connectivity index (χ4v) is 3.21. The van der Waals surface area contributed by atoms with Crippen molar-refractivity contribution in [3.63, 3.8) is 0 Å². The van der Waals surface area contributed by atoms with Crippen LogP contribution in [-0.4, -0.2) is 27.8 Å². The Bertz CT molecular complexity index is 1190. The molecule has 6 nitrogen and oxygen atoms in total. The first-order valence-electron chi connectivity index (χ1n) is 9.56. The van der Waals surface area contributed by atoms with Gasteiger partial charge < -0.3 is 11.1 Å². The Labute approximate surface area is 173 Å². The van der Waals surface area contributed by atoms with Crippen molar-refractivity contribution in [1.29, 1.82) is 0 Å². The van der Waals surface area contributed by atoms with Gasteiger partial charge in [0.2, 0.25) is 5.91 Å². The number of carbonyl (C=O) groups excluding carboxylic acids is 2. The van der Waals surface area contributed by atoms with E-state index < -0.39 is 11.9 Å². The average molecular weight is 396 g/mol. The quantitative estimate of drug-likeness (QED) is 0.523. The Morgan fingerprint density at radius 3 is 2.17 bits per heavy atom. The lowest BCUT2D eigenvalue weighted by atomic mass is 10.0. The molecule has 1 atom stereocenters. The topological polar surface area (TPSA) is 98.0 Å². The van der Waals surface area contributed by atoms with Gasteiger partial charge in [-0.25, -0.2) is 4.98 Å². The molecule has 0 unspecified atom stereocenters. The smallest absolute Gasteiger partial charge is 0.251 e. The number of carbonyl (C=O) groups is 2. The molecule has 2 amide bonds. The van der Waals surface area contributed by atoms with Gasteiger partial charge in [-0.3, -0.25) is 14.6 Å². The maximum atomic E-state index is 12.7. The van der Waals surface area contributed by atoms with Crippen LogP contribution in [0.15, 0.2) is 85.1 Å². The second-order valence-electron chi connectivity index (χ2n) is 6.93. The Kier molecular flexibility index (Phi) is 5.48. The van der Waals surface area contributed by atoms with Crippen LogP contribution in [0, 0.1) is 0 Å². The van der Waals surface area contributed by atoms with Crippen molar-refractivity contribution < 1.29 is 9.59 Å². The minimum Gasteiger partial charge on any atom is -0.368 e. The molecule has 3 aromatic carbocycles. The molecule has 4 rings (SSSR count). The molecule has 0 fully saturated rings. The molecule has 0 spiro atoms. The van der Waals surface area contributed by atoms with Crippen molar-refractivity contribution in [2.45, 2.75) is 12.5 Å². The second-order valence-corrected chi connectivity index (χ2v) is 6.93. The highest BCUT2D eigenvalue weighted by Gasteiger charge is 2.20. The number of hydrogen-bond acceptors (Lipinski definition) is 4. The Balaban J connectivity index is 1.48. The number of rotatable bonds is 6. The van der Waals surface area contributed by atoms with E-state index in [2.05, 4.69) is 15.3 Å². The SMILES string of the molecule is NC(=O)[C@@H](Cc1cnc2ccccc2n1)NC(=O)c1ccc(-c2ccccc2)cc1. The Morgan fingerprint density at radius 2 is 1.47 bits per heavy atom. The molecule has 0 aliphatic rings. The van der Waals surface area contributed by atoms with Crippen LogP contribution < -0.4 is 11.1 Å². The number of nitrogens with zero attached hydrogens (tertiary/aromatic N) is 2. The van der Waals surface area contributed by atoms with E-state index in [9.17, 15) is 9.59 Å². The summed E-state index contributed by atoms with van der Waals surface area (Å²) in [4.78, 5) is 33.4. The van der Waals surface area contributed by atoms with E-state index in [0.717, 1.165) is 22.2 Å². The Hall–Kier alpha value is -4.06. The maximum Gasteiger partial charge on any atom is 0.251 e.